The van der Waals surface area contributed by atoms with Gasteiger partial charge in [-0.2, -0.15) is 9.77 Å². The van der Waals surface area contributed by atoms with E-state index in [1.807, 2.05) is 6.07 Å². The Morgan fingerprint density at radius 1 is 1.25 bits per heavy atom. The number of aromatic nitrogens is 3. The highest BCUT2D eigenvalue weighted by Gasteiger charge is 2.30. The fourth-order valence-corrected chi connectivity index (χ4v) is 2.35. The number of amides is 1. The van der Waals surface area contributed by atoms with Gasteiger partial charge < -0.3 is 9.90 Å². The number of hydrogen-bond donors (Lipinski definition) is 1. The molecule has 0 fully saturated rings. The molecule has 8 nitrogen and oxygen atoms in total. The third kappa shape index (κ3) is 3.89. The SMILES string of the molecule is CC(C)(C)C(C(=O)[O-])n1ncn(NC(=O)Cc2ccccc2)c1=O. The van der Waals surface area contributed by atoms with E-state index in [4.69, 9.17) is 0 Å². The number of rotatable bonds is 5. The molecule has 0 saturated carbocycles. The summed E-state index contributed by atoms with van der Waals surface area (Å²) in [6.45, 7) is 4.98. The lowest BCUT2D eigenvalue weighted by molar-refractivity contribution is -0.313. The number of hydrogen-bond acceptors (Lipinski definition) is 5. The van der Waals surface area contributed by atoms with E-state index in [1.54, 1.807) is 45.0 Å². The van der Waals surface area contributed by atoms with Crippen molar-refractivity contribution in [2.45, 2.75) is 33.2 Å². The van der Waals surface area contributed by atoms with E-state index in [9.17, 15) is 19.5 Å². The lowest BCUT2D eigenvalue weighted by Gasteiger charge is -2.30. The number of aliphatic carboxylic acids is 1. The lowest BCUT2D eigenvalue weighted by atomic mass is 9.87. The van der Waals surface area contributed by atoms with Crippen LogP contribution in [0.15, 0.2) is 41.5 Å². The van der Waals surface area contributed by atoms with Crippen LogP contribution in [-0.2, 0) is 16.0 Å². The molecule has 24 heavy (non-hydrogen) atoms. The van der Waals surface area contributed by atoms with Crippen LogP contribution in [0.3, 0.4) is 0 Å². The molecule has 1 unspecified atom stereocenters. The van der Waals surface area contributed by atoms with Gasteiger partial charge in [-0.25, -0.2) is 9.48 Å². The minimum Gasteiger partial charge on any atom is -0.548 e. The Bertz CT molecular complexity index is 786. The maximum Gasteiger partial charge on any atom is 0.365 e. The third-order valence-corrected chi connectivity index (χ3v) is 3.43. The van der Waals surface area contributed by atoms with Crippen molar-refractivity contribution >= 4 is 11.9 Å². The van der Waals surface area contributed by atoms with Gasteiger partial charge in [-0.15, -0.1) is 0 Å². The first kappa shape index (κ1) is 17.5. The summed E-state index contributed by atoms with van der Waals surface area (Å²) in [5.41, 5.74) is 1.65. The minimum atomic E-state index is -1.41. The number of carboxylic acids is 1. The van der Waals surface area contributed by atoms with Gasteiger partial charge in [0.1, 0.15) is 12.4 Å². The van der Waals surface area contributed by atoms with Gasteiger partial charge in [-0.1, -0.05) is 51.1 Å². The average molecular weight is 331 g/mol. The highest BCUT2D eigenvalue weighted by atomic mass is 16.4. The number of nitrogens with zero attached hydrogens (tertiary/aromatic N) is 3. The normalized spacial score (nSPS) is 12.6. The number of benzene rings is 1. The van der Waals surface area contributed by atoms with Crippen LogP contribution in [0.5, 0.6) is 0 Å². The van der Waals surface area contributed by atoms with E-state index < -0.39 is 29.0 Å². The van der Waals surface area contributed by atoms with Crippen molar-refractivity contribution < 1.29 is 14.7 Å². The van der Waals surface area contributed by atoms with Crippen molar-refractivity contribution in [2.75, 3.05) is 5.43 Å². The fourth-order valence-electron chi connectivity index (χ4n) is 2.35. The molecule has 1 aromatic carbocycles. The zero-order valence-electron chi connectivity index (χ0n) is 13.7. The minimum absolute atomic E-state index is 0.0850. The Balaban J connectivity index is 2.19. The van der Waals surface area contributed by atoms with Crippen LogP contribution in [0.2, 0.25) is 0 Å². The maximum atomic E-state index is 12.3. The molecule has 0 bridgehead atoms. The molecule has 8 heteroatoms. The molecular weight excluding hydrogens is 312 g/mol. The number of carbonyl (C=O) groups excluding carboxylic acids is 2. The van der Waals surface area contributed by atoms with Gasteiger partial charge in [0.15, 0.2) is 0 Å². The van der Waals surface area contributed by atoms with Crippen molar-refractivity contribution in [3.05, 3.63) is 52.7 Å². The van der Waals surface area contributed by atoms with Crippen LogP contribution in [0.4, 0.5) is 0 Å². The van der Waals surface area contributed by atoms with Crippen LogP contribution >= 0.6 is 0 Å². The van der Waals surface area contributed by atoms with Crippen LogP contribution in [0.25, 0.3) is 0 Å². The molecule has 1 atom stereocenters. The lowest BCUT2D eigenvalue weighted by Crippen LogP contribution is -2.46. The molecule has 1 N–H and O–H groups in total. The quantitative estimate of drug-likeness (QED) is 0.808. The van der Waals surface area contributed by atoms with Gasteiger partial charge in [0.05, 0.1) is 12.4 Å². The summed E-state index contributed by atoms with van der Waals surface area (Å²) in [6.07, 6.45) is 1.16. The molecule has 0 aliphatic heterocycles. The van der Waals surface area contributed by atoms with Gasteiger partial charge in [0, 0.05) is 0 Å². The second-order valence-corrected chi connectivity index (χ2v) is 6.51. The monoisotopic (exact) mass is 331 g/mol. The van der Waals surface area contributed by atoms with Crippen molar-refractivity contribution in [3.63, 3.8) is 0 Å². The molecule has 0 saturated heterocycles. The molecule has 1 amide bonds. The van der Waals surface area contributed by atoms with Crippen LogP contribution in [-0.4, -0.2) is 26.3 Å². The van der Waals surface area contributed by atoms with Crippen LogP contribution in [0.1, 0.15) is 32.4 Å². The molecule has 0 spiro atoms. The molecule has 0 radical (unpaired) electrons. The van der Waals surface area contributed by atoms with E-state index in [0.717, 1.165) is 21.2 Å². The average Bonchev–Trinajstić information content (AvgIpc) is 2.80. The zero-order chi connectivity index (χ0) is 17.9. The highest BCUT2D eigenvalue weighted by molar-refractivity contribution is 5.85. The Kier molecular flexibility index (Phi) is 4.87. The van der Waals surface area contributed by atoms with Crippen molar-refractivity contribution in [1.29, 1.82) is 0 Å². The van der Waals surface area contributed by atoms with Crippen molar-refractivity contribution in [3.8, 4) is 0 Å². The van der Waals surface area contributed by atoms with E-state index in [0.29, 0.717) is 0 Å². The first-order chi connectivity index (χ1) is 11.2. The predicted octanol–water partition coefficient (Wildman–Crippen LogP) is -0.305. The standard InChI is InChI=1S/C16H20N4O4/c1-16(2,3)13(14(22)23)20-15(24)19(10-17-20)18-12(21)9-11-7-5-4-6-8-11/h4-8,10,13H,9H2,1-3H3,(H,18,21)(H,22,23)/p-1. The summed E-state index contributed by atoms with van der Waals surface area (Å²) in [5.74, 6) is -1.82. The van der Waals surface area contributed by atoms with E-state index in [2.05, 4.69) is 10.5 Å². The topological polar surface area (TPSA) is 109 Å². The second-order valence-electron chi connectivity index (χ2n) is 6.51. The highest BCUT2D eigenvalue weighted by Crippen LogP contribution is 2.28. The molecule has 0 aliphatic carbocycles. The maximum absolute atomic E-state index is 12.3. The summed E-state index contributed by atoms with van der Waals surface area (Å²) in [4.78, 5) is 35.7. The predicted molar refractivity (Wildman–Crippen MR) is 84.5 cm³/mol. The van der Waals surface area contributed by atoms with Gasteiger partial charge in [-0.3, -0.25) is 10.2 Å². The van der Waals surface area contributed by atoms with Crippen LogP contribution in [0, 0.1) is 5.41 Å². The Labute approximate surface area is 138 Å². The molecule has 0 aliphatic rings. The number of carboxylic acid groups (broad SMARTS) is 1. The first-order valence-electron chi connectivity index (χ1n) is 7.41. The van der Waals surface area contributed by atoms with Gasteiger partial charge >= 0.3 is 5.69 Å². The van der Waals surface area contributed by atoms with Gasteiger partial charge in [0.2, 0.25) is 5.91 Å². The molecule has 2 aromatic rings. The van der Waals surface area contributed by atoms with Gasteiger partial charge in [-0.05, 0) is 11.0 Å². The van der Waals surface area contributed by atoms with Crippen LogP contribution < -0.4 is 16.2 Å². The summed E-state index contributed by atoms with van der Waals surface area (Å²) < 4.78 is 1.67. The number of carbonyl (C=O) groups is 2. The second kappa shape index (κ2) is 6.69. The summed E-state index contributed by atoms with van der Waals surface area (Å²) >= 11 is 0. The van der Waals surface area contributed by atoms with Gasteiger partial charge in [0.25, 0.3) is 0 Å². The molecule has 1 heterocycles. The van der Waals surface area contributed by atoms with Crippen molar-refractivity contribution in [2.24, 2.45) is 5.41 Å². The molecule has 1 aromatic heterocycles. The molecule has 128 valence electrons. The Morgan fingerprint density at radius 3 is 2.42 bits per heavy atom. The smallest absolute Gasteiger partial charge is 0.365 e. The van der Waals surface area contributed by atoms with E-state index in [-0.39, 0.29) is 6.42 Å². The number of nitrogens with one attached hydrogen (secondary N) is 1. The Hall–Kier alpha value is -2.90. The van der Waals surface area contributed by atoms with E-state index >= 15 is 0 Å². The molecular formula is C16H19N4O4-. The van der Waals surface area contributed by atoms with Crippen molar-refractivity contribution in [1.82, 2.24) is 14.5 Å². The molecule has 2 rings (SSSR count). The van der Waals surface area contributed by atoms with E-state index in [1.165, 1.54) is 0 Å². The Morgan fingerprint density at radius 2 is 1.88 bits per heavy atom. The third-order valence-electron chi connectivity index (χ3n) is 3.43. The summed E-state index contributed by atoms with van der Waals surface area (Å²) in [5, 5.41) is 15.2. The fraction of sp³-hybridized carbons (Fsp3) is 0.375. The zero-order valence-corrected chi connectivity index (χ0v) is 13.7. The largest absolute Gasteiger partial charge is 0.548 e. The summed E-state index contributed by atoms with van der Waals surface area (Å²) in [7, 11) is 0. The first-order valence-corrected chi connectivity index (χ1v) is 7.41. The summed E-state index contributed by atoms with van der Waals surface area (Å²) in [6, 6.07) is 7.77.